The molecule has 1 aliphatic rings. The Hall–Kier alpha value is -3.82. The van der Waals surface area contributed by atoms with Crippen molar-refractivity contribution in [2.45, 2.75) is 6.92 Å². The molecule has 1 aliphatic heterocycles. The third-order valence-corrected chi connectivity index (χ3v) is 4.45. The minimum Gasteiger partial charge on any atom is -0.352 e. The van der Waals surface area contributed by atoms with Crippen molar-refractivity contribution in [3.05, 3.63) is 48.9 Å². The van der Waals surface area contributed by atoms with Crippen LogP contribution in [0.25, 0.3) is 0 Å². The number of nitrogens with zero attached hydrogens (tertiary/aromatic N) is 7. The number of nitrogens with one attached hydrogen (secondary N) is 2. The zero-order valence-electron chi connectivity index (χ0n) is 16.0. The zero-order chi connectivity index (χ0) is 20.1. The first-order chi connectivity index (χ1) is 14.2. The van der Waals surface area contributed by atoms with Gasteiger partial charge in [0.1, 0.15) is 0 Å². The Morgan fingerprint density at radius 1 is 0.966 bits per heavy atom. The summed E-state index contributed by atoms with van der Waals surface area (Å²) < 4.78 is 0. The Labute approximate surface area is 168 Å². The highest BCUT2D eigenvalue weighted by Crippen LogP contribution is 2.19. The fourth-order valence-electron chi connectivity index (χ4n) is 3.06. The predicted molar refractivity (Wildman–Crippen MR) is 110 cm³/mol. The SMILES string of the molecule is CC(=O)Nc1ccc(Nc2nncc(N3CCN(c4ncccn4)CC3)n2)cc1. The lowest BCUT2D eigenvalue weighted by molar-refractivity contribution is -0.114. The van der Waals surface area contributed by atoms with Crippen LogP contribution >= 0.6 is 0 Å². The van der Waals surface area contributed by atoms with Crippen molar-refractivity contribution in [1.82, 2.24) is 25.1 Å². The summed E-state index contributed by atoms with van der Waals surface area (Å²) in [6.07, 6.45) is 5.17. The minimum atomic E-state index is -0.107. The first kappa shape index (κ1) is 18.5. The summed E-state index contributed by atoms with van der Waals surface area (Å²) in [4.78, 5) is 28.6. The molecule has 2 aromatic heterocycles. The standard InChI is InChI=1S/C19H21N9O/c1-14(29)23-15-3-5-16(6-4-15)24-18-25-17(13-22-26-18)27-9-11-28(12-10-27)19-20-7-2-8-21-19/h2-8,13H,9-12H2,1H3,(H,23,29)(H,24,25,26). The lowest BCUT2D eigenvalue weighted by atomic mass is 10.3. The van der Waals surface area contributed by atoms with Gasteiger partial charge in [0.25, 0.3) is 0 Å². The lowest BCUT2D eigenvalue weighted by Crippen LogP contribution is -2.47. The molecule has 1 saturated heterocycles. The Bertz CT molecular complexity index is 957. The van der Waals surface area contributed by atoms with Gasteiger partial charge in [-0.05, 0) is 30.3 Å². The molecule has 1 amide bonds. The van der Waals surface area contributed by atoms with Crippen LogP contribution in [0.3, 0.4) is 0 Å². The molecule has 0 saturated carbocycles. The largest absolute Gasteiger partial charge is 0.352 e. The molecule has 4 rings (SSSR count). The van der Waals surface area contributed by atoms with Crippen molar-refractivity contribution in [2.75, 3.05) is 46.6 Å². The number of piperazine rings is 1. The number of aromatic nitrogens is 5. The van der Waals surface area contributed by atoms with E-state index in [4.69, 9.17) is 0 Å². The number of carbonyl (C=O) groups excluding carboxylic acids is 1. The van der Waals surface area contributed by atoms with Gasteiger partial charge in [0.05, 0.1) is 6.20 Å². The summed E-state index contributed by atoms with van der Waals surface area (Å²) in [5.74, 6) is 1.83. The number of rotatable bonds is 5. The molecule has 0 spiro atoms. The maximum atomic E-state index is 11.1. The fourth-order valence-corrected chi connectivity index (χ4v) is 3.06. The summed E-state index contributed by atoms with van der Waals surface area (Å²) in [7, 11) is 0. The minimum absolute atomic E-state index is 0.107. The summed E-state index contributed by atoms with van der Waals surface area (Å²) in [6.45, 7) is 4.68. The molecule has 0 unspecified atom stereocenters. The molecule has 0 bridgehead atoms. The molecule has 0 atom stereocenters. The van der Waals surface area contributed by atoms with E-state index in [1.165, 1.54) is 6.92 Å². The molecular formula is C19H21N9O. The molecule has 0 aliphatic carbocycles. The van der Waals surface area contributed by atoms with Gasteiger partial charge in [-0.25, -0.2) is 9.97 Å². The monoisotopic (exact) mass is 391 g/mol. The maximum Gasteiger partial charge on any atom is 0.249 e. The lowest BCUT2D eigenvalue weighted by Gasteiger charge is -2.35. The molecule has 2 N–H and O–H groups in total. The van der Waals surface area contributed by atoms with Gasteiger partial charge in [-0.15, -0.1) is 5.10 Å². The number of amides is 1. The van der Waals surface area contributed by atoms with Crippen LogP contribution < -0.4 is 20.4 Å². The third-order valence-electron chi connectivity index (χ3n) is 4.45. The van der Waals surface area contributed by atoms with Crippen LogP contribution in [-0.2, 0) is 4.79 Å². The van der Waals surface area contributed by atoms with Crippen molar-refractivity contribution in [3.63, 3.8) is 0 Å². The third kappa shape index (κ3) is 4.72. The van der Waals surface area contributed by atoms with E-state index in [-0.39, 0.29) is 5.91 Å². The van der Waals surface area contributed by atoms with E-state index in [0.29, 0.717) is 5.95 Å². The Morgan fingerprint density at radius 3 is 2.31 bits per heavy atom. The van der Waals surface area contributed by atoms with Crippen LogP contribution in [0.4, 0.5) is 29.1 Å². The number of hydrogen-bond donors (Lipinski definition) is 2. The number of benzene rings is 1. The first-order valence-electron chi connectivity index (χ1n) is 9.29. The van der Waals surface area contributed by atoms with Crippen molar-refractivity contribution >= 4 is 35.0 Å². The van der Waals surface area contributed by atoms with Gasteiger partial charge in [-0.3, -0.25) is 4.79 Å². The van der Waals surface area contributed by atoms with Gasteiger partial charge in [0.2, 0.25) is 17.8 Å². The Balaban J connectivity index is 1.38. The summed E-state index contributed by atoms with van der Waals surface area (Å²) >= 11 is 0. The quantitative estimate of drug-likeness (QED) is 0.671. The van der Waals surface area contributed by atoms with E-state index < -0.39 is 0 Å². The van der Waals surface area contributed by atoms with Gasteiger partial charge >= 0.3 is 0 Å². The van der Waals surface area contributed by atoms with Crippen LogP contribution in [-0.4, -0.2) is 57.2 Å². The highest BCUT2D eigenvalue weighted by molar-refractivity contribution is 5.88. The van der Waals surface area contributed by atoms with Gasteiger partial charge in [-0.1, -0.05) is 0 Å². The molecule has 10 nitrogen and oxygen atoms in total. The van der Waals surface area contributed by atoms with Crippen molar-refractivity contribution in [1.29, 1.82) is 0 Å². The van der Waals surface area contributed by atoms with E-state index in [1.807, 2.05) is 30.3 Å². The van der Waals surface area contributed by atoms with Crippen molar-refractivity contribution in [3.8, 4) is 0 Å². The average molecular weight is 391 g/mol. The second-order valence-electron chi connectivity index (χ2n) is 6.54. The summed E-state index contributed by atoms with van der Waals surface area (Å²) in [6, 6.07) is 9.13. The van der Waals surface area contributed by atoms with Crippen molar-refractivity contribution < 1.29 is 4.79 Å². The van der Waals surface area contributed by atoms with Crippen molar-refractivity contribution in [2.24, 2.45) is 0 Å². The molecule has 148 valence electrons. The molecule has 0 radical (unpaired) electrons. The molecule has 3 aromatic rings. The molecule has 1 fully saturated rings. The highest BCUT2D eigenvalue weighted by atomic mass is 16.1. The molecule has 1 aromatic carbocycles. The first-order valence-corrected chi connectivity index (χ1v) is 9.29. The van der Waals surface area contributed by atoms with Gasteiger partial charge in [0, 0.05) is 56.9 Å². The Kier molecular flexibility index (Phi) is 5.41. The highest BCUT2D eigenvalue weighted by Gasteiger charge is 2.20. The number of anilines is 5. The smallest absolute Gasteiger partial charge is 0.249 e. The van der Waals surface area contributed by atoms with E-state index in [1.54, 1.807) is 18.6 Å². The molecule has 10 heteroatoms. The second kappa shape index (κ2) is 8.46. The maximum absolute atomic E-state index is 11.1. The average Bonchev–Trinajstić information content (AvgIpc) is 2.76. The molecule has 29 heavy (non-hydrogen) atoms. The van der Waals surface area contributed by atoms with Crippen LogP contribution in [0, 0.1) is 0 Å². The zero-order valence-corrected chi connectivity index (χ0v) is 16.0. The van der Waals surface area contributed by atoms with E-state index >= 15 is 0 Å². The van der Waals surface area contributed by atoms with Gasteiger partial charge in [-0.2, -0.15) is 10.1 Å². The van der Waals surface area contributed by atoms with Crippen LogP contribution in [0.5, 0.6) is 0 Å². The normalized spacial score (nSPS) is 13.8. The van der Waals surface area contributed by atoms with Crippen LogP contribution in [0.1, 0.15) is 6.92 Å². The topological polar surface area (TPSA) is 112 Å². The summed E-state index contributed by atoms with van der Waals surface area (Å²) in [5, 5.41) is 14.0. The van der Waals surface area contributed by atoms with Gasteiger partial charge < -0.3 is 20.4 Å². The number of hydrogen-bond acceptors (Lipinski definition) is 9. The van der Waals surface area contributed by atoms with E-state index in [2.05, 4.69) is 45.6 Å². The van der Waals surface area contributed by atoms with E-state index in [0.717, 1.165) is 49.3 Å². The number of carbonyl (C=O) groups is 1. The summed E-state index contributed by atoms with van der Waals surface area (Å²) in [5.41, 5.74) is 1.54. The Morgan fingerprint density at radius 2 is 1.62 bits per heavy atom. The van der Waals surface area contributed by atoms with Crippen LogP contribution in [0.2, 0.25) is 0 Å². The van der Waals surface area contributed by atoms with E-state index in [9.17, 15) is 4.79 Å². The van der Waals surface area contributed by atoms with Gasteiger partial charge in [0.15, 0.2) is 5.82 Å². The fraction of sp³-hybridized carbons (Fsp3) is 0.263. The van der Waals surface area contributed by atoms with Crippen LogP contribution in [0.15, 0.2) is 48.9 Å². The predicted octanol–water partition coefficient (Wildman–Crippen LogP) is 1.69. The second-order valence-corrected chi connectivity index (χ2v) is 6.54. The molecular weight excluding hydrogens is 370 g/mol. The molecule has 3 heterocycles.